The number of hydrogen-bond donors (Lipinski definition) is 0. The van der Waals surface area contributed by atoms with Gasteiger partial charge in [-0.05, 0) is 37.5 Å². The van der Waals surface area contributed by atoms with Gasteiger partial charge in [0.15, 0.2) is 6.10 Å². The Balaban J connectivity index is 1.52. The maximum atomic E-state index is 12.9. The molecule has 1 atom stereocenters. The van der Waals surface area contributed by atoms with Gasteiger partial charge in [-0.1, -0.05) is 6.07 Å². The van der Waals surface area contributed by atoms with E-state index >= 15 is 0 Å². The molecule has 2 aliphatic heterocycles. The molecule has 0 spiro atoms. The molecule has 29 heavy (non-hydrogen) atoms. The smallest absolute Gasteiger partial charge is 0.414 e. The van der Waals surface area contributed by atoms with Crippen molar-refractivity contribution in [3.8, 4) is 11.1 Å². The molecular formula is C21H24N4O4. The van der Waals surface area contributed by atoms with E-state index in [1.54, 1.807) is 16.7 Å². The first-order chi connectivity index (χ1) is 14.0. The van der Waals surface area contributed by atoms with Crippen LogP contribution in [-0.4, -0.2) is 53.7 Å². The second-order valence-corrected chi connectivity index (χ2v) is 8.04. The van der Waals surface area contributed by atoms with E-state index in [1.165, 1.54) is 12.8 Å². The van der Waals surface area contributed by atoms with Crippen LogP contribution >= 0.6 is 0 Å². The number of nitrogens with zero attached hydrogens (tertiary/aromatic N) is 4. The Morgan fingerprint density at radius 1 is 1.17 bits per heavy atom. The fourth-order valence-electron chi connectivity index (χ4n) is 3.97. The zero-order valence-electron chi connectivity index (χ0n) is 16.6. The Morgan fingerprint density at radius 3 is 2.62 bits per heavy atom. The number of ether oxygens (including phenoxy) is 2. The molecule has 2 aromatic rings. The van der Waals surface area contributed by atoms with E-state index in [0.29, 0.717) is 31.5 Å². The van der Waals surface area contributed by atoms with E-state index in [4.69, 9.17) is 9.47 Å². The molecule has 0 unspecified atom stereocenters. The second kappa shape index (κ2) is 6.88. The fourth-order valence-corrected chi connectivity index (χ4v) is 3.97. The lowest BCUT2D eigenvalue weighted by molar-refractivity contribution is -0.117. The van der Waals surface area contributed by atoms with Crippen molar-refractivity contribution < 1.29 is 19.1 Å². The standard InChI is InChI=1S/C21H24N4O4/c1-13-9-23(21(27)29-18-11-28-12-18)20-7-15(3-6-19(20)25(13)14(2)26)16-8-22-24(10-16)17-4-5-17/h3,6-8,10,13,17-18H,4-5,9,11-12H2,1-2H3/t13-/m0/s1. The van der Waals surface area contributed by atoms with Crippen LogP contribution in [0.2, 0.25) is 0 Å². The quantitative estimate of drug-likeness (QED) is 0.797. The molecule has 3 aliphatic rings. The van der Waals surface area contributed by atoms with Crippen LogP contribution in [0.4, 0.5) is 16.2 Å². The van der Waals surface area contributed by atoms with Crippen molar-refractivity contribution in [2.24, 2.45) is 0 Å². The van der Waals surface area contributed by atoms with Gasteiger partial charge in [0.05, 0.1) is 42.9 Å². The summed E-state index contributed by atoms with van der Waals surface area (Å²) in [5.74, 6) is -0.0477. The molecule has 1 aromatic carbocycles. The fraction of sp³-hybridized carbons (Fsp3) is 0.476. The Labute approximate surface area is 169 Å². The summed E-state index contributed by atoms with van der Waals surface area (Å²) in [6, 6.07) is 6.19. The zero-order chi connectivity index (χ0) is 20.1. The minimum Gasteiger partial charge on any atom is -0.441 e. The van der Waals surface area contributed by atoms with Gasteiger partial charge >= 0.3 is 6.09 Å². The van der Waals surface area contributed by atoms with E-state index in [9.17, 15) is 9.59 Å². The van der Waals surface area contributed by atoms with Crippen LogP contribution in [-0.2, 0) is 14.3 Å². The van der Waals surface area contributed by atoms with E-state index < -0.39 is 6.09 Å². The molecule has 8 heteroatoms. The van der Waals surface area contributed by atoms with Gasteiger partial charge in [0.2, 0.25) is 5.91 Å². The highest BCUT2D eigenvalue weighted by molar-refractivity contribution is 6.03. The minimum atomic E-state index is -0.402. The molecule has 2 amide bonds. The van der Waals surface area contributed by atoms with Gasteiger partial charge in [0.25, 0.3) is 0 Å². The Bertz CT molecular complexity index is 963. The maximum absolute atomic E-state index is 12.9. The predicted molar refractivity (Wildman–Crippen MR) is 107 cm³/mol. The number of hydrogen-bond acceptors (Lipinski definition) is 5. The van der Waals surface area contributed by atoms with Crippen molar-refractivity contribution in [3.05, 3.63) is 30.6 Å². The van der Waals surface area contributed by atoms with Crippen molar-refractivity contribution in [1.82, 2.24) is 9.78 Å². The molecule has 8 nitrogen and oxygen atoms in total. The molecule has 3 heterocycles. The number of benzene rings is 1. The van der Waals surface area contributed by atoms with Crippen molar-refractivity contribution in [1.29, 1.82) is 0 Å². The summed E-state index contributed by atoms with van der Waals surface area (Å²) in [4.78, 5) is 28.5. The number of amides is 2. The number of fused-ring (bicyclic) bond motifs is 1. The first kappa shape index (κ1) is 18.2. The highest BCUT2D eigenvalue weighted by Gasteiger charge is 2.36. The Morgan fingerprint density at radius 2 is 1.97 bits per heavy atom. The number of carbonyl (C=O) groups is 2. The molecule has 5 rings (SSSR count). The predicted octanol–water partition coefficient (Wildman–Crippen LogP) is 2.98. The van der Waals surface area contributed by atoms with Gasteiger partial charge in [-0.2, -0.15) is 5.10 Å². The number of rotatable bonds is 3. The highest BCUT2D eigenvalue weighted by Crippen LogP contribution is 2.40. The molecule has 0 N–H and O–H groups in total. The summed E-state index contributed by atoms with van der Waals surface area (Å²) in [6.45, 7) is 4.73. The zero-order valence-corrected chi connectivity index (χ0v) is 16.6. The molecule has 0 bridgehead atoms. The van der Waals surface area contributed by atoms with Gasteiger partial charge in [0, 0.05) is 25.2 Å². The van der Waals surface area contributed by atoms with Crippen molar-refractivity contribution in [2.45, 2.75) is 44.9 Å². The largest absolute Gasteiger partial charge is 0.441 e. The van der Waals surface area contributed by atoms with Crippen molar-refractivity contribution >= 4 is 23.4 Å². The van der Waals surface area contributed by atoms with Crippen LogP contribution in [0.1, 0.15) is 32.7 Å². The molecule has 1 aromatic heterocycles. The molecule has 0 radical (unpaired) electrons. The average molecular weight is 396 g/mol. The van der Waals surface area contributed by atoms with E-state index in [2.05, 4.69) is 5.10 Å². The van der Waals surface area contributed by atoms with E-state index in [1.807, 2.05) is 42.2 Å². The summed E-state index contributed by atoms with van der Waals surface area (Å²) in [5, 5.41) is 4.47. The summed E-state index contributed by atoms with van der Waals surface area (Å²) < 4.78 is 12.7. The van der Waals surface area contributed by atoms with Gasteiger partial charge in [-0.3, -0.25) is 14.4 Å². The van der Waals surface area contributed by atoms with Gasteiger partial charge < -0.3 is 14.4 Å². The van der Waals surface area contributed by atoms with Gasteiger partial charge in [0.1, 0.15) is 0 Å². The Hall–Kier alpha value is -2.87. The summed E-state index contributed by atoms with van der Waals surface area (Å²) >= 11 is 0. The summed E-state index contributed by atoms with van der Waals surface area (Å²) in [5.41, 5.74) is 3.35. The van der Waals surface area contributed by atoms with Gasteiger partial charge in [-0.25, -0.2) is 4.79 Å². The monoisotopic (exact) mass is 396 g/mol. The molecule has 2 fully saturated rings. The van der Waals surface area contributed by atoms with Crippen LogP contribution in [0.5, 0.6) is 0 Å². The highest BCUT2D eigenvalue weighted by atomic mass is 16.6. The normalized spacial score (nSPS) is 21.5. The third-order valence-electron chi connectivity index (χ3n) is 5.70. The maximum Gasteiger partial charge on any atom is 0.414 e. The van der Waals surface area contributed by atoms with Crippen LogP contribution in [0.3, 0.4) is 0 Å². The summed E-state index contributed by atoms with van der Waals surface area (Å²) in [7, 11) is 0. The number of carbonyl (C=O) groups excluding carboxylic acids is 2. The van der Waals surface area contributed by atoms with Gasteiger partial charge in [-0.15, -0.1) is 0 Å². The number of aromatic nitrogens is 2. The van der Waals surface area contributed by atoms with Crippen LogP contribution in [0.15, 0.2) is 30.6 Å². The first-order valence-corrected chi connectivity index (χ1v) is 10.1. The molecule has 1 saturated heterocycles. The van der Waals surface area contributed by atoms with Crippen molar-refractivity contribution in [3.63, 3.8) is 0 Å². The SMILES string of the molecule is CC(=O)N1c2ccc(-c3cnn(C4CC4)c3)cc2N(C(=O)OC2COC2)C[C@@H]1C. The van der Waals surface area contributed by atoms with Crippen LogP contribution < -0.4 is 9.80 Å². The second-order valence-electron chi connectivity index (χ2n) is 8.04. The third kappa shape index (κ3) is 3.27. The first-order valence-electron chi connectivity index (χ1n) is 10.1. The molecule has 152 valence electrons. The number of anilines is 2. The molecular weight excluding hydrogens is 372 g/mol. The van der Waals surface area contributed by atoms with Crippen LogP contribution in [0.25, 0.3) is 11.1 Å². The molecule has 1 aliphatic carbocycles. The van der Waals surface area contributed by atoms with Crippen LogP contribution in [0, 0.1) is 0 Å². The lowest BCUT2D eigenvalue weighted by Crippen LogP contribution is -2.53. The average Bonchev–Trinajstić information content (AvgIpc) is 3.40. The van der Waals surface area contributed by atoms with E-state index in [-0.39, 0.29) is 18.1 Å². The Kier molecular flexibility index (Phi) is 4.31. The lowest BCUT2D eigenvalue weighted by atomic mass is 10.0. The summed E-state index contributed by atoms with van der Waals surface area (Å²) in [6.07, 6.45) is 5.63. The van der Waals surface area contributed by atoms with Crippen molar-refractivity contribution in [2.75, 3.05) is 29.6 Å². The topological polar surface area (TPSA) is 76.9 Å². The van der Waals surface area contributed by atoms with E-state index in [0.717, 1.165) is 16.8 Å². The molecule has 1 saturated carbocycles. The third-order valence-corrected chi connectivity index (χ3v) is 5.70. The lowest BCUT2D eigenvalue weighted by Gasteiger charge is -2.41. The minimum absolute atomic E-state index is 0.0477.